The average molecular weight is 293 g/mol. The topological polar surface area (TPSA) is 43.1 Å². The van der Waals surface area contributed by atoms with Gasteiger partial charge in [0.2, 0.25) is 5.91 Å². The number of hydrogen-bond acceptors (Lipinski definition) is 1. The molecule has 0 heterocycles. The first-order valence-electron chi connectivity index (χ1n) is 7.60. The minimum absolute atomic E-state index is 0.344. The Kier molecular flexibility index (Phi) is 5.16. The van der Waals surface area contributed by atoms with Gasteiger partial charge in [-0.1, -0.05) is 54.1 Å². The molecule has 0 saturated carbocycles. The van der Waals surface area contributed by atoms with Gasteiger partial charge in [-0.05, 0) is 55.9 Å². The number of carbonyl (C=O) groups excluding carboxylic acids is 1. The molecule has 0 aliphatic carbocycles. The lowest BCUT2D eigenvalue weighted by Gasteiger charge is -2.15. The fraction of sp³-hybridized carbons (Fsp3) is 0.250. The Morgan fingerprint density at radius 2 is 1.73 bits per heavy atom. The van der Waals surface area contributed by atoms with Crippen LogP contribution in [0.4, 0.5) is 0 Å². The van der Waals surface area contributed by atoms with E-state index in [1.807, 2.05) is 25.1 Å². The number of carbonyl (C=O) groups is 1. The third-order valence-corrected chi connectivity index (χ3v) is 4.05. The molecule has 1 amide bonds. The van der Waals surface area contributed by atoms with Gasteiger partial charge in [0.1, 0.15) is 0 Å². The number of benzene rings is 2. The fourth-order valence-corrected chi connectivity index (χ4v) is 2.65. The predicted molar refractivity (Wildman–Crippen MR) is 92.5 cm³/mol. The largest absolute Gasteiger partial charge is 0.366 e. The molecule has 2 aromatic rings. The maximum atomic E-state index is 11.7. The average Bonchev–Trinajstić information content (AvgIpc) is 2.51. The quantitative estimate of drug-likeness (QED) is 0.825. The lowest BCUT2D eigenvalue weighted by Crippen LogP contribution is -2.14. The van der Waals surface area contributed by atoms with E-state index in [2.05, 4.69) is 44.2 Å². The normalized spacial score (nSPS) is 12.0. The van der Waals surface area contributed by atoms with Gasteiger partial charge in [-0.15, -0.1) is 0 Å². The van der Waals surface area contributed by atoms with Gasteiger partial charge in [0.25, 0.3) is 0 Å². The Bertz CT molecular complexity index is 699. The van der Waals surface area contributed by atoms with Gasteiger partial charge in [-0.2, -0.15) is 0 Å². The first-order valence-corrected chi connectivity index (χ1v) is 7.60. The fourth-order valence-electron chi connectivity index (χ4n) is 2.65. The number of nitrogens with two attached hydrogens (primary N) is 1. The van der Waals surface area contributed by atoms with E-state index in [4.69, 9.17) is 5.73 Å². The van der Waals surface area contributed by atoms with Gasteiger partial charge in [-0.3, -0.25) is 4.79 Å². The summed E-state index contributed by atoms with van der Waals surface area (Å²) in [5, 5.41) is 0. The van der Waals surface area contributed by atoms with Crippen molar-refractivity contribution in [2.45, 2.75) is 33.6 Å². The van der Waals surface area contributed by atoms with Crippen molar-refractivity contribution in [2.75, 3.05) is 0 Å². The van der Waals surface area contributed by atoms with Crippen LogP contribution in [0.1, 0.15) is 35.6 Å². The van der Waals surface area contributed by atoms with Gasteiger partial charge in [0.05, 0.1) is 0 Å². The lowest BCUT2D eigenvalue weighted by atomic mass is 9.90. The van der Waals surface area contributed by atoms with Crippen LogP contribution in [0.3, 0.4) is 0 Å². The van der Waals surface area contributed by atoms with E-state index in [-0.39, 0.29) is 5.91 Å². The van der Waals surface area contributed by atoms with Gasteiger partial charge < -0.3 is 5.73 Å². The van der Waals surface area contributed by atoms with Crippen molar-refractivity contribution in [2.24, 2.45) is 5.73 Å². The minimum Gasteiger partial charge on any atom is -0.366 e. The number of rotatable bonds is 5. The summed E-state index contributed by atoms with van der Waals surface area (Å²) in [5.41, 5.74) is 12.0. The summed E-state index contributed by atoms with van der Waals surface area (Å²) < 4.78 is 0. The van der Waals surface area contributed by atoms with Crippen molar-refractivity contribution in [3.63, 3.8) is 0 Å². The molecule has 2 N–H and O–H groups in total. The van der Waals surface area contributed by atoms with E-state index in [0.717, 1.165) is 24.0 Å². The highest BCUT2D eigenvalue weighted by molar-refractivity contribution is 5.99. The van der Waals surface area contributed by atoms with Crippen LogP contribution in [0.15, 0.2) is 54.1 Å². The third-order valence-electron chi connectivity index (χ3n) is 4.05. The van der Waals surface area contributed by atoms with Crippen molar-refractivity contribution in [3.8, 4) is 0 Å². The zero-order valence-electron chi connectivity index (χ0n) is 13.5. The highest BCUT2D eigenvalue weighted by Crippen LogP contribution is 2.28. The highest BCUT2D eigenvalue weighted by atomic mass is 16.1. The summed E-state index contributed by atoms with van der Waals surface area (Å²) in [6, 6.07) is 16.6. The van der Waals surface area contributed by atoms with E-state index < -0.39 is 0 Å². The second-order valence-corrected chi connectivity index (χ2v) is 5.77. The SMILES string of the molecule is CC(C(N)=O)=C(CCc1ccccc1)c1cc(C)ccc1C. The van der Waals surface area contributed by atoms with Crippen molar-refractivity contribution >= 4 is 11.5 Å². The zero-order chi connectivity index (χ0) is 16.1. The van der Waals surface area contributed by atoms with Crippen molar-refractivity contribution in [1.29, 1.82) is 0 Å². The van der Waals surface area contributed by atoms with E-state index in [1.165, 1.54) is 16.7 Å². The second-order valence-electron chi connectivity index (χ2n) is 5.77. The molecule has 0 bridgehead atoms. The summed E-state index contributed by atoms with van der Waals surface area (Å²) in [7, 11) is 0. The number of allylic oxidation sites excluding steroid dienone is 1. The Morgan fingerprint density at radius 3 is 2.36 bits per heavy atom. The van der Waals surface area contributed by atoms with Crippen LogP contribution in [-0.2, 0) is 11.2 Å². The molecule has 0 saturated heterocycles. The van der Waals surface area contributed by atoms with E-state index in [0.29, 0.717) is 5.57 Å². The van der Waals surface area contributed by atoms with E-state index >= 15 is 0 Å². The van der Waals surface area contributed by atoms with Gasteiger partial charge in [-0.25, -0.2) is 0 Å². The molecular formula is C20H23NO. The van der Waals surface area contributed by atoms with Crippen LogP contribution < -0.4 is 5.73 Å². The second kappa shape index (κ2) is 7.08. The molecule has 0 radical (unpaired) electrons. The Balaban J connectivity index is 2.38. The zero-order valence-corrected chi connectivity index (χ0v) is 13.5. The molecule has 22 heavy (non-hydrogen) atoms. The van der Waals surface area contributed by atoms with Gasteiger partial charge in [0, 0.05) is 5.57 Å². The summed E-state index contributed by atoms with van der Waals surface area (Å²) in [4.78, 5) is 11.7. The Labute approximate surface area is 132 Å². The molecule has 114 valence electrons. The molecule has 0 spiro atoms. The molecule has 2 heteroatoms. The number of primary amides is 1. The van der Waals surface area contributed by atoms with E-state index in [1.54, 1.807) is 0 Å². The first-order chi connectivity index (χ1) is 10.5. The van der Waals surface area contributed by atoms with Crippen LogP contribution in [0.5, 0.6) is 0 Å². The molecule has 0 aromatic heterocycles. The monoisotopic (exact) mass is 293 g/mol. The highest BCUT2D eigenvalue weighted by Gasteiger charge is 2.13. The van der Waals surface area contributed by atoms with Gasteiger partial charge in [0.15, 0.2) is 0 Å². The van der Waals surface area contributed by atoms with Crippen LogP contribution in [0.25, 0.3) is 5.57 Å². The van der Waals surface area contributed by atoms with Crippen molar-refractivity contribution < 1.29 is 4.79 Å². The smallest absolute Gasteiger partial charge is 0.244 e. The minimum atomic E-state index is -0.344. The summed E-state index contributed by atoms with van der Waals surface area (Å²) in [5.74, 6) is -0.344. The predicted octanol–water partition coefficient (Wildman–Crippen LogP) is 4.20. The van der Waals surface area contributed by atoms with Gasteiger partial charge >= 0.3 is 0 Å². The third kappa shape index (κ3) is 3.85. The molecule has 0 atom stereocenters. The van der Waals surface area contributed by atoms with Crippen molar-refractivity contribution in [3.05, 3.63) is 76.4 Å². The molecule has 0 aliphatic heterocycles. The Morgan fingerprint density at radius 1 is 1.05 bits per heavy atom. The summed E-state index contributed by atoms with van der Waals surface area (Å²) in [6.45, 7) is 5.97. The Hall–Kier alpha value is -2.35. The first kappa shape index (κ1) is 16.0. The molecule has 0 aliphatic rings. The molecule has 2 nitrogen and oxygen atoms in total. The summed E-state index contributed by atoms with van der Waals surface area (Å²) in [6.07, 6.45) is 1.71. The molecular weight excluding hydrogens is 270 g/mol. The van der Waals surface area contributed by atoms with Crippen molar-refractivity contribution in [1.82, 2.24) is 0 Å². The van der Waals surface area contributed by atoms with Crippen LogP contribution >= 0.6 is 0 Å². The number of hydrogen-bond donors (Lipinski definition) is 1. The standard InChI is InChI=1S/C20H23NO/c1-14-9-10-15(2)19(13-14)18(16(3)20(21)22)12-11-17-7-5-4-6-8-17/h4-10,13H,11-12H2,1-3H3,(H2,21,22). The number of aryl methyl sites for hydroxylation is 3. The van der Waals surface area contributed by atoms with Crippen LogP contribution in [-0.4, -0.2) is 5.91 Å². The maximum Gasteiger partial charge on any atom is 0.244 e. The molecule has 0 fully saturated rings. The van der Waals surface area contributed by atoms with Crippen LogP contribution in [0.2, 0.25) is 0 Å². The molecule has 2 rings (SSSR count). The molecule has 2 aromatic carbocycles. The molecule has 0 unspecified atom stereocenters. The lowest BCUT2D eigenvalue weighted by molar-refractivity contribution is -0.114. The van der Waals surface area contributed by atoms with E-state index in [9.17, 15) is 4.79 Å². The number of amides is 1. The summed E-state index contributed by atoms with van der Waals surface area (Å²) >= 11 is 0. The maximum absolute atomic E-state index is 11.7. The van der Waals surface area contributed by atoms with Crippen LogP contribution in [0, 0.1) is 13.8 Å².